The van der Waals surface area contributed by atoms with Gasteiger partial charge in [0.1, 0.15) is 24.4 Å². The van der Waals surface area contributed by atoms with Gasteiger partial charge in [0.15, 0.2) is 6.10 Å². The van der Waals surface area contributed by atoms with Gasteiger partial charge in [0, 0.05) is 0 Å². The first-order valence-corrected chi connectivity index (χ1v) is 9.03. The predicted molar refractivity (Wildman–Crippen MR) is 90.8 cm³/mol. The van der Waals surface area contributed by atoms with Crippen LogP contribution in [0.5, 0.6) is 0 Å². The first kappa shape index (κ1) is 35.4. The molecule has 16 heteroatoms. The SMILES string of the molecule is ClCC1CO1.O=C(O)C(O)C(O)C(O)C(O)CO.[Fe+3].[O-]CC([O-])C([O-])C(O)C(O)CO. The number of hydrogen-bond donors (Lipinski definition) is 9. The monoisotopic (exact) mass is 523 g/mol. The van der Waals surface area contributed by atoms with Crippen LogP contribution in [0.25, 0.3) is 0 Å². The molecule has 1 aliphatic heterocycles. The van der Waals surface area contributed by atoms with Gasteiger partial charge in [0.2, 0.25) is 0 Å². The summed E-state index contributed by atoms with van der Waals surface area (Å²) in [6, 6.07) is 0. The van der Waals surface area contributed by atoms with Gasteiger partial charge in [0.05, 0.1) is 37.9 Å². The van der Waals surface area contributed by atoms with Crippen molar-refractivity contribution in [3.63, 3.8) is 0 Å². The Kier molecular flexibility index (Phi) is 22.0. The van der Waals surface area contributed by atoms with Gasteiger partial charge < -0.3 is 66.0 Å². The average Bonchev–Trinajstić information content (AvgIpc) is 3.60. The van der Waals surface area contributed by atoms with Gasteiger partial charge in [-0.05, 0) is 0 Å². The van der Waals surface area contributed by atoms with Crippen molar-refractivity contribution in [2.24, 2.45) is 0 Å². The molecule has 1 radical (unpaired) electrons. The molecule has 31 heavy (non-hydrogen) atoms. The van der Waals surface area contributed by atoms with Crippen LogP contribution in [-0.2, 0) is 26.6 Å². The van der Waals surface area contributed by atoms with Gasteiger partial charge in [-0.25, -0.2) is 4.79 Å². The molecule has 0 saturated carbocycles. The van der Waals surface area contributed by atoms with Crippen LogP contribution in [0, 0.1) is 0 Å². The molecule has 1 rings (SSSR count). The number of aliphatic carboxylic acids is 1. The fraction of sp³-hybridized carbons (Fsp3) is 0.933. The summed E-state index contributed by atoms with van der Waals surface area (Å²) in [5, 5.41) is 109. The van der Waals surface area contributed by atoms with Crippen molar-refractivity contribution in [2.75, 3.05) is 32.3 Å². The van der Waals surface area contributed by atoms with Crippen molar-refractivity contribution in [3.8, 4) is 0 Å². The van der Waals surface area contributed by atoms with E-state index >= 15 is 0 Å². The number of halogens is 1. The summed E-state index contributed by atoms with van der Waals surface area (Å²) in [6.45, 7) is -1.93. The normalized spacial score (nSPS) is 22.4. The van der Waals surface area contributed by atoms with E-state index < -0.39 is 74.6 Å². The van der Waals surface area contributed by atoms with Gasteiger partial charge in [-0.3, -0.25) is 0 Å². The number of ether oxygens (including phenoxy) is 1. The van der Waals surface area contributed by atoms with Gasteiger partial charge in [-0.2, -0.15) is 12.7 Å². The largest absolute Gasteiger partial charge is 3.00 e. The van der Waals surface area contributed by atoms with Crippen molar-refractivity contribution in [3.05, 3.63) is 0 Å². The Morgan fingerprint density at radius 3 is 1.65 bits per heavy atom. The third kappa shape index (κ3) is 15.3. The molecule has 0 aliphatic carbocycles. The van der Waals surface area contributed by atoms with E-state index in [1.165, 1.54) is 0 Å². The van der Waals surface area contributed by atoms with Gasteiger partial charge in [-0.1, -0.05) is 0 Å². The molecule has 0 aromatic heterocycles. The fourth-order valence-corrected chi connectivity index (χ4v) is 1.65. The minimum Gasteiger partial charge on any atom is -0.855 e. The fourth-order valence-electron chi connectivity index (χ4n) is 1.47. The Morgan fingerprint density at radius 1 is 0.968 bits per heavy atom. The van der Waals surface area contributed by atoms with Crippen molar-refractivity contribution in [1.82, 2.24) is 0 Å². The van der Waals surface area contributed by atoms with Gasteiger partial charge >= 0.3 is 23.0 Å². The van der Waals surface area contributed by atoms with Crippen LogP contribution in [-0.4, -0.2) is 139 Å². The minimum absolute atomic E-state index is 0. The Labute approximate surface area is 193 Å². The summed E-state index contributed by atoms with van der Waals surface area (Å²) in [4.78, 5) is 10.1. The number of carboxylic acids is 1. The van der Waals surface area contributed by atoms with Gasteiger partial charge in [-0.15, -0.1) is 17.7 Å². The van der Waals surface area contributed by atoms with E-state index in [1.54, 1.807) is 0 Å². The third-order valence-electron chi connectivity index (χ3n) is 3.53. The van der Waals surface area contributed by atoms with E-state index in [2.05, 4.69) is 0 Å². The molecule has 187 valence electrons. The number of aliphatic hydroxyl groups excluding tert-OH is 8. The number of carbonyl (C=O) groups is 1. The zero-order valence-corrected chi connectivity index (χ0v) is 17.9. The van der Waals surface area contributed by atoms with Crippen molar-refractivity contribution >= 4 is 17.6 Å². The average molecular weight is 524 g/mol. The quantitative estimate of drug-likeness (QED) is 0.0690. The zero-order valence-electron chi connectivity index (χ0n) is 16.0. The van der Waals surface area contributed by atoms with Crippen LogP contribution in [0.1, 0.15) is 0 Å². The van der Waals surface area contributed by atoms with Crippen molar-refractivity contribution in [1.29, 1.82) is 0 Å². The molecule has 1 heterocycles. The molecule has 9 N–H and O–H groups in total. The standard InChI is InChI=1S/C6H12O7.C6H11O6.C3H5ClO.Fe/c7-1-2(8)3(9)4(10)5(11)6(12)13;7-1-3(9)5(11)6(12)4(10)2-8;4-1-3-2-5-3;/h2-5,7-11H,1H2,(H,12,13);3-7,9,11H,1-2H2;3H,1-2H2;/q;-3;;+3. The second-order valence-corrected chi connectivity index (χ2v) is 6.34. The smallest absolute Gasteiger partial charge is 0.855 e. The Morgan fingerprint density at radius 2 is 1.39 bits per heavy atom. The molecule has 0 aromatic carbocycles. The molecule has 0 amide bonds. The first-order chi connectivity index (χ1) is 13.9. The van der Waals surface area contributed by atoms with E-state index in [1.807, 2.05) is 0 Å². The molecule has 9 unspecified atom stereocenters. The third-order valence-corrected chi connectivity index (χ3v) is 3.87. The van der Waals surface area contributed by atoms with Crippen LogP contribution in [0.4, 0.5) is 0 Å². The number of epoxide rings is 1. The topological polar surface area (TPSA) is 281 Å². The Bertz CT molecular complexity index is 432. The Hall–Kier alpha value is -0.201. The number of rotatable bonds is 11. The molecule has 1 aliphatic rings. The van der Waals surface area contributed by atoms with E-state index in [4.69, 9.17) is 62.3 Å². The second kappa shape index (κ2) is 19.3. The number of alkyl halides is 1. The Balaban J connectivity index is -0.000000403. The second-order valence-electron chi connectivity index (χ2n) is 6.03. The summed E-state index contributed by atoms with van der Waals surface area (Å²) in [5.74, 6) is -1.06. The summed E-state index contributed by atoms with van der Waals surface area (Å²) < 4.78 is 4.73. The maximum absolute atomic E-state index is 10.7. The molecule has 14 nitrogen and oxygen atoms in total. The van der Waals surface area contributed by atoms with E-state index in [0.29, 0.717) is 12.0 Å². The van der Waals surface area contributed by atoms with Crippen LogP contribution in [0.15, 0.2) is 0 Å². The summed E-state index contributed by atoms with van der Waals surface area (Å²) in [6.07, 6.45) is -15.1. The van der Waals surface area contributed by atoms with Gasteiger partial charge in [0.25, 0.3) is 0 Å². The summed E-state index contributed by atoms with van der Waals surface area (Å²) in [5.41, 5.74) is 0. The van der Waals surface area contributed by atoms with E-state index in [-0.39, 0.29) is 17.1 Å². The van der Waals surface area contributed by atoms with E-state index in [0.717, 1.165) is 6.61 Å². The molecule has 1 fully saturated rings. The molecule has 0 aromatic rings. The van der Waals surface area contributed by atoms with Crippen LogP contribution >= 0.6 is 11.6 Å². The number of carboxylic acid groups (broad SMARTS) is 1. The summed E-state index contributed by atoms with van der Waals surface area (Å²) >= 11 is 5.27. The number of hydrogen-bond acceptors (Lipinski definition) is 13. The molecular weight excluding hydrogens is 495 g/mol. The van der Waals surface area contributed by atoms with Crippen molar-refractivity contribution < 1.29 is 87.9 Å². The molecule has 9 atom stereocenters. The predicted octanol–water partition coefficient (Wildman–Crippen LogP) is -8.35. The van der Waals surface area contributed by atoms with Crippen LogP contribution in [0.2, 0.25) is 0 Å². The van der Waals surface area contributed by atoms with E-state index in [9.17, 15) is 20.1 Å². The molecule has 1 saturated heterocycles. The first-order valence-electron chi connectivity index (χ1n) is 8.49. The molecule has 0 spiro atoms. The number of aliphatic hydroxyl groups is 8. The minimum atomic E-state index is -2.20. The maximum Gasteiger partial charge on any atom is 3.00 e. The van der Waals surface area contributed by atoms with Crippen molar-refractivity contribution in [2.45, 2.75) is 54.9 Å². The van der Waals surface area contributed by atoms with Crippen LogP contribution in [0.3, 0.4) is 0 Å². The zero-order chi connectivity index (χ0) is 24.0. The maximum atomic E-state index is 10.7. The van der Waals surface area contributed by atoms with Crippen LogP contribution < -0.4 is 15.3 Å². The molecule has 0 bridgehead atoms. The molecular formula is C15H28ClFeO14. The summed E-state index contributed by atoms with van der Waals surface area (Å²) in [7, 11) is 0.